The maximum atomic E-state index is 12.3. The fraction of sp³-hybridized carbons (Fsp3) is 0.353. The summed E-state index contributed by atoms with van der Waals surface area (Å²) in [7, 11) is 1.59. The second kappa shape index (κ2) is 6.94. The number of nitrogens with one attached hydrogen (secondary N) is 1. The van der Waals surface area contributed by atoms with E-state index in [1.807, 2.05) is 24.3 Å². The Morgan fingerprint density at radius 1 is 1.25 bits per heavy atom. The zero-order valence-corrected chi connectivity index (χ0v) is 13.2. The summed E-state index contributed by atoms with van der Waals surface area (Å²) >= 11 is 0. The lowest BCUT2D eigenvalue weighted by molar-refractivity contribution is 0.0294. The molecule has 1 aliphatic rings. The molecule has 3 N–H and O–H groups in total. The number of hydrogen-bond acceptors (Lipinski definition) is 6. The lowest BCUT2D eigenvalue weighted by Crippen LogP contribution is -2.45. The number of carbonyl (C=O) groups is 1. The molecular weight excluding hydrogens is 310 g/mol. The summed E-state index contributed by atoms with van der Waals surface area (Å²) in [5.41, 5.74) is 1.08. The van der Waals surface area contributed by atoms with Gasteiger partial charge in [-0.2, -0.15) is 0 Å². The second-order valence-electron chi connectivity index (χ2n) is 5.76. The average Bonchev–Trinajstić information content (AvgIpc) is 2.91. The van der Waals surface area contributed by atoms with E-state index >= 15 is 0 Å². The van der Waals surface area contributed by atoms with Crippen LogP contribution in [0.4, 0.5) is 0 Å². The first kappa shape index (κ1) is 16.4. The monoisotopic (exact) mass is 329 g/mol. The van der Waals surface area contributed by atoms with Gasteiger partial charge in [0.15, 0.2) is 0 Å². The van der Waals surface area contributed by atoms with Crippen LogP contribution < -0.4 is 10.1 Å². The molecule has 1 aromatic heterocycles. The van der Waals surface area contributed by atoms with Gasteiger partial charge in [0.1, 0.15) is 17.5 Å². The highest BCUT2D eigenvalue weighted by Gasteiger charge is 2.43. The summed E-state index contributed by atoms with van der Waals surface area (Å²) in [6.07, 6.45) is 2.68. The van der Waals surface area contributed by atoms with Crippen molar-refractivity contribution >= 4 is 5.91 Å². The van der Waals surface area contributed by atoms with Gasteiger partial charge < -0.3 is 20.3 Å². The highest BCUT2D eigenvalue weighted by Crippen LogP contribution is 2.36. The first-order chi connectivity index (χ1) is 11.6. The summed E-state index contributed by atoms with van der Waals surface area (Å²) < 4.78 is 5.14. The van der Waals surface area contributed by atoms with E-state index in [0.29, 0.717) is 6.42 Å². The molecule has 0 saturated heterocycles. The van der Waals surface area contributed by atoms with Crippen molar-refractivity contribution in [3.63, 3.8) is 0 Å². The average molecular weight is 329 g/mol. The van der Waals surface area contributed by atoms with Crippen LogP contribution in [0.3, 0.4) is 0 Å². The molecule has 1 fully saturated rings. The minimum atomic E-state index is -1.04. The van der Waals surface area contributed by atoms with Gasteiger partial charge in [0, 0.05) is 18.3 Å². The number of benzene rings is 1. The van der Waals surface area contributed by atoms with Crippen LogP contribution in [0.5, 0.6) is 5.75 Å². The Labute approximate surface area is 139 Å². The predicted molar refractivity (Wildman–Crippen MR) is 85.7 cm³/mol. The maximum Gasteiger partial charge on any atom is 0.271 e. The minimum Gasteiger partial charge on any atom is -0.497 e. The SMILES string of the molecule is COc1ccc([C@H]2C[C@@H](O)[C@@H](O)[C@@H]2NC(=O)c2cnccn2)cc1. The van der Waals surface area contributed by atoms with Gasteiger partial charge in [0.2, 0.25) is 0 Å². The molecule has 24 heavy (non-hydrogen) atoms. The number of aromatic nitrogens is 2. The summed E-state index contributed by atoms with van der Waals surface area (Å²) in [4.78, 5) is 20.1. The molecule has 1 aromatic carbocycles. The summed E-state index contributed by atoms with van der Waals surface area (Å²) in [5.74, 6) is 0.0827. The van der Waals surface area contributed by atoms with Crippen LogP contribution in [0, 0.1) is 0 Å². The Bertz CT molecular complexity index is 693. The second-order valence-corrected chi connectivity index (χ2v) is 5.76. The summed E-state index contributed by atoms with van der Waals surface area (Å²) in [6, 6.07) is 6.76. The molecule has 1 amide bonds. The number of ether oxygens (including phenoxy) is 1. The van der Waals surface area contributed by atoms with Crippen molar-refractivity contribution in [3.05, 3.63) is 54.1 Å². The van der Waals surface area contributed by atoms with Gasteiger partial charge in [-0.25, -0.2) is 4.98 Å². The van der Waals surface area contributed by atoms with E-state index in [1.54, 1.807) is 7.11 Å². The molecule has 2 aromatic rings. The number of hydrogen-bond donors (Lipinski definition) is 3. The van der Waals surface area contributed by atoms with Crippen LogP contribution in [0.2, 0.25) is 0 Å². The quantitative estimate of drug-likeness (QED) is 0.754. The Morgan fingerprint density at radius 3 is 2.62 bits per heavy atom. The molecule has 4 atom stereocenters. The van der Waals surface area contributed by atoms with Crippen molar-refractivity contribution in [3.8, 4) is 5.75 Å². The van der Waals surface area contributed by atoms with E-state index in [0.717, 1.165) is 11.3 Å². The van der Waals surface area contributed by atoms with Crippen LogP contribution in [0.25, 0.3) is 0 Å². The van der Waals surface area contributed by atoms with Gasteiger partial charge in [0.05, 0.1) is 25.5 Å². The molecule has 7 heteroatoms. The number of aliphatic hydroxyl groups excluding tert-OH is 2. The topological polar surface area (TPSA) is 105 Å². The van der Waals surface area contributed by atoms with E-state index in [1.165, 1.54) is 18.6 Å². The van der Waals surface area contributed by atoms with Crippen LogP contribution in [-0.2, 0) is 0 Å². The summed E-state index contributed by atoms with van der Waals surface area (Å²) in [6.45, 7) is 0. The van der Waals surface area contributed by atoms with Gasteiger partial charge >= 0.3 is 0 Å². The number of aliphatic hydroxyl groups is 2. The highest BCUT2D eigenvalue weighted by molar-refractivity contribution is 5.92. The van der Waals surface area contributed by atoms with Crippen LogP contribution >= 0.6 is 0 Å². The van der Waals surface area contributed by atoms with Gasteiger partial charge in [-0.3, -0.25) is 9.78 Å². The molecule has 1 heterocycles. The molecule has 0 bridgehead atoms. The van der Waals surface area contributed by atoms with Crippen molar-refractivity contribution in [1.29, 1.82) is 0 Å². The number of methoxy groups -OCH3 is 1. The Hall–Kier alpha value is -2.51. The van der Waals surface area contributed by atoms with Crippen molar-refractivity contribution < 1.29 is 19.7 Å². The molecule has 126 valence electrons. The third-order valence-electron chi connectivity index (χ3n) is 4.33. The molecule has 7 nitrogen and oxygen atoms in total. The molecule has 1 aliphatic carbocycles. The van der Waals surface area contributed by atoms with Crippen LogP contribution in [0.1, 0.15) is 28.4 Å². The molecule has 0 spiro atoms. The summed E-state index contributed by atoms with van der Waals surface area (Å²) in [5, 5.41) is 23.1. The first-order valence-corrected chi connectivity index (χ1v) is 7.67. The standard InChI is InChI=1S/C17H19N3O4/c1-24-11-4-2-10(3-5-11)12-8-14(21)16(22)15(12)20-17(23)13-9-18-6-7-19-13/h2-7,9,12,14-16,21-22H,8H2,1H3,(H,20,23)/t12-,14-,15-,16-/m1/s1. The lowest BCUT2D eigenvalue weighted by atomic mass is 9.93. The van der Waals surface area contributed by atoms with Crippen LogP contribution in [-0.4, -0.2) is 51.4 Å². The number of carbonyl (C=O) groups excluding carboxylic acids is 1. The molecule has 1 saturated carbocycles. The van der Waals surface area contributed by atoms with Crippen molar-refractivity contribution in [1.82, 2.24) is 15.3 Å². The number of nitrogens with zero attached hydrogens (tertiary/aromatic N) is 2. The highest BCUT2D eigenvalue weighted by atomic mass is 16.5. The zero-order valence-electron chi connectivity index (χ0n) is 13.2. The van der Waals surface area contributed by atoms with E-state index in [4.69, 9.17) is 4.74 Å². The lowest BCUT2D eigenvalue weighted by Gasteiger charge is -2.23. The number of rotatable bonds is 4. The smallest absolute Gasteiger partial charge is 0.271 e. The fourth-order valence-electron chi connectivity index (χ4n) is 3.05. The third kappa shape index (κ3) is 3.22. The Balaban J connectivity index is 1.81. The van der Waals surface area contributed by atoms with Crippen molar-refractivity contribution in [2.75, 3.05) is 7.11 Å². The van der Waals surface area contributed by atoms with Gasteiger partial charge in [-0.05, 0) is 24.1 Å². The van der Waals surface area contributed by atoms with E-state index in [2.05, 4.69) is 15.3 Å². The van der Waals surface area contributed by atoms with E-state index in [-0.39, 0.29) is 11.6 Å². The normalized spacial score (nSPS) is 26.1. The Kier molecular flexibility index (Phi) is 4.73. The molecule has 0 unspecified atom stereocenters. The number of amides is 1. The predicted octanol–water partition coefficient (Wildman–Crippen LogP) is 0.493. The largest absolute Gasteiger partial charge is 0.497 e. The van der Waals surface area contributed by atoms with E-state index in [9.17, 15) is 15.0 Å². The minimum absolute atomic E-state index is 0.166. The van der Waals surface area contributed by atoms with Crippen LogP contribution in [0.15, 0.2) is 42.9 Å². The van der Waals surface area contributed by atoms with Crippen molar-refractivity contribution in [2.24, 2.45) is 0 Å². The third-order valence-corrected chi connectivity index (χ3v) is 4.33. The molecule has 0 radical (unpaired) electrons. The maximum absolute atomic E-state index is 12.3. The van der Waals surface area contributed by atoms with Gasteiger partial charge in [0.25, 0.3) is 5.91 Å². The molecule has 0 aliphatic heterocycles. The molecule has 3 rings (SSSR count). The van der Waals surface area contributed by atoms with Gasteiger partial charge in [-0.15, -0.1) is 0 Å². The Morgan fingerprint density at radius 2 is 2.00 bits per heavy atom. The fourth-order valence-corrected chi connectivity index (χ4v) is 3.05. The molecular formula is C17H19N3O4. The van der Waals surface area contributed by atoms with Crippen molar-refractivity contribution in [2.45, 2.75) is 30.6 Å². The zero-order chi connectivity index (χ0) is 17.1. The van der Waals surface area contributed by atoms with Gasteiger partial charge in [-0.1, -0.05) is 12.1 Å². The van der Waals surface area contributed by atoms with E-state index < -0.39 is 24.2 Å². The first-order valence-electron chi connectivity index (χ1n) is 7.67.